The predicted molar refractivity (Wildman–Crippen MR) is 151 cm³/mol. The molecular weight excluding hydrogens is 516 g/mol. The van der Waals surface area contributed by atoms with E-state index in [1.165, 1.54) is 7.11 Å². The van der Waals surface area contributed by atoms with Crippen molar-refractivity contribution in [2.45, 2.75) is 75.9 Å². The fourth-order valence-electron chi connectivity index (χ4n) is 6.58. The summed E-state index contributed by atoms with van der Waals surface area (Å²) in [5.74, 6) is 0.787. The number of amides is 1. The molecule has 8 heteroatoms. The average Bonchev–Trinajstić information content (AvgIpc) is 3.46. The second-order valence-electron chi connectivity index (χ2n) is 11.3. The van der Waals surface area contributed by atoms with Gasteiger partial charge in [0, 0.05) is 24.6 Å². The molecule has 4 aliphatic rings. The summed E-state index contributed by atoms with van der Waals surface area (Å²) in [5, 5.41) is 12.7. The van der Waals surface area contributed by atoms with E-state index in [0.717, 1.165) is 75.7 Å². The van der Waals surface area contributed by atoms with Gasteiger partial charge < -0.3 is 19.9 Å². The number of piperidine rings is 3. The van der Waals surface area contributed by atoms with E-state index in [0.29, 0.717) is 40.8 Å². The van der Waals surface area contributed by atoms with Crippen LogP contribution in [0.4, 0.5) is 5.69 Å². The molecule has 1 aliphatic carbocycles. The van der Waals surface area contributed by atoms with Crippen molar-refractivity contribution in [2.75, 3.05) is 32.1 Å². The highest BCUT2D eigenvalue weighted by Gasteiger charge is 2.47. The van der Waals surface area contributed by atoms with E-state index in [4.69, 9.17) is 21.1 Å². The van der Waals surface area contributed by atoms with Crippen molar-refractivity contribution in [2.24, 2.45) is 5.92 Å². The lowest BCUT2D eigenvalue weighted by Crippen LogP contribution is -2.53. The first-order valence-electron chi connectivity index (χ1n) is 14.2. The highest BCUT2D eigenvalue weighted by Crippen LogP contribution is 2.44. The Hall–Kier alpha value is -2.61. The lowest BCUT2D eigenvalue weighted by Gasteiger charge is -2.45. The molecule has 2 aromatic rings. The number of nitrogens with zero attached hydrogens (tertiary/aromatic N) is 1. The zero-order chi connectivity index (χ0) is 27.4. The minimum Gasteiger partial charge on any atom is -0.496 e. The van der Waals surface area contributed by atoms with E-state index < -0.39 is 5.41 Å². The average molecular weight is 555 g/mol. The molecule has 210 valence electrons. The van der Waals surface area contributed by atoms with Gasteiger partial charge in [-0.1, -0.05) is 48.7 Å². The van der Waals surface area contributed by atoms with Crippen LogP contribution in [0.15, 0.2) is 36.4 Å². The molecule has 0 spiro atoms. The Morgan fingerprint density at radius 3 is 2.59 bits per heavy atom. The van der Waals surface area contributed by atoms with E-state index in [2.05, 4.69) is 28.4 Å². The van der Waals surface area contributed by atoms with Gasteiger partial charge in [-0.05, 0) is 74.7 Å². The second-order valence-corrected chi connectivity index (χ2v) is 11.7. The SMILES string of the molecule is COc1cc(NC(=O)CCCc2cccc(C3(C(=O)O[C@H]4CN5CCC4CC5)CCCC3)c2)c(Cl)cc1CO. The van der Waals surface area contributed by atoms with Crippen LogP contribution in [0.5, 0.6) is 5.75 Å². The number of carbonyl (C=O) groups is 2. The van der Waals surface area contributed by atoms with Crippen molar-refractivity contribution in [1.82, 2.24) is 4.90 Å². The minimum atomic E-state index is -0.560. The van der Waals surface area contributed by atoms with Crippen LogP contribution in [0.2, 0.25) is 5.02 Å². The maximum Gasteiger partial charge on any atom is 0.316 e. The molecule has 39 heavy (non-hydrogen) atoms. The van der Waals surface area contributed by atoms with Gasteiger partial charge in [0.25, 0.3) is 0 Å². The first-order chi connectivity index (χ1) is 18.9. The standard InChI is InChI=1S/C31H39ClN2O5/c1-38-27-18-26(25(32)17-23(27)20-35)33-29(36)9-5-7-21-6-4-8-24(16-21)31(12-2-3-13-31)30(37)39-28-19-34-14-10-22(28)11-15-34/h4,6,8,16-18,22,28,35H,2-3,5,7,9-15,19-20H2,1H3,(H,33,36)/t28-/m0/s1. The van der Waals surface area contributed by atoms with Crippen LogP contribution in [0.25, 0.3) is 0 Å². The molecule has 1 saturated carbocycles. The second kappa shape index (κ2) is 12.3. The molecule has 1 atom stereocenters. The Labute approximate surface area is 235 Å². The first kappa shape index (κ1) is 27.9. The van der Waals surface area contributed by atoms with Crippen LogP contribution >= 0.6 is 11.6 Å². The third kappa shape index (κ3) is 6.11. The summed E-state index contributed by atoms with van der Waals surface area (Å²) < 4.78 is 11.5. The maximum absolute atomic E-state index is 13.7. The monoisotopic (exact) mass is 554 g/mol. The molecule has 2 bridgehead atoms. The van der Waals surface area contributed by atoms with Gasteiger partial charge >= 0.3 is 5.97 Å². The number of carbonyl (C=O) groups excluding carboxylic acids is 2. The summed E-state index contributed by atoms with van der Waals surface area (Å²) in [6, 6.07) is 11.5. The summed E-state index contributed by atoms with van der Waals surface area (Å²) >= 11 is 6.29. The number of nitrogens with one attached hydrogen (secondary N) is 1. The Morgan fingerprint density at radius 1 is 1.15 bits per heavy atom. The van der Waals surface area contributed by atoms with Gasteiger partial charge in [-0.15, -0.1) is 0 Å². The maximum atomic E-state index is 13.7. The van der Waals surface area contributed by atoms with E-state index >= 15 is 0 Å². The highest BCUT2D eigenvalue weighted by atomic mass is 35.5. The summed E-state index contributed by atoms with van der Waals surface area (Å²) in [7, 11) is 1.51. The number of aliphatic hydroxyl groups excluding tert-OH is 1. The first-order valence-corrected chi connectivity index (χ1v) is 14.6. The summed E-state index contributed by atoms with van der Waals surface area (Å²) in [5.41, 5.74) is 2.64. The normalized spacial score (nSPS) is 23.4. The van der Waals surface area contributed by atoms with Crippen LogP contribution in [0.1, 0.15) is 68.1 Å². The van der Waals surface area contributed by atoms with E-state index in [1.54, 1.807) is 12.1 Å². The minimum absolute atomic E-state index is 0.0208. The number of ether oxygens (including phenoxy) is 2. The van der Waals surface area contributed by atoms with E-state index in [-0.39, 0.29) is 24.6 Å². The molecule has 3 heterocycles. The predicted octanol–water partition coefficient (Wildman–Crippen LogP) is 5.25. The van der Waals surface area contributed by atoms with E-state index in [1.807, 2.05) is 6.07 Å². The summed E-state index contributed by atoms with van der Waals surface area (Å²) in [4.78, 5) is 28.8. The van der Waals surface area contributed by atoms with Gasteiger partial charge in [0.15, 0.2) is 0 Å². The quantitative estimate of drug-likeness (QED) is 0.390. The molecule has 4 fully saturated rings. The fourth-order valence-corrected chi connectivity index (χ4v) is 6.81. The Kier molecular flexibility index (Phi) is 8.79. The van der Waals surface area contributed by atoms with Crippen LogP contribution in [0.3, 0.4) is 0 Å². The Bertz CT molecular complexity index is 1190. The number of rotatable bonds is 10. The largest absolute Gasteiger partial charge is 0.496 e. The Morgan fingerprint density at radius 2 is 1.92 bits per heavy atom. The molecule has 3 aliphatic heterocycles. The molecule has 2 aromatic carbocycles. The third-order valence-corrected chi connectivity index (χ3v) is 9.18. The molecule has 0 unspecified atom stereocenters. The molecule has 0 radical (unpaired) electrons. The number of benzene rings is 2. The fraction of sp³-hybridized carbons (Fsp3) is 0.548. The van der Waals surface area contributed by atoms with Crippen molar-refractivity contribution in [3.63, 3.8) is 0 Å². The molecule has 3 saturated heterocycles. The number of anilines is 1. The van der Waals surface area contributed by atoms with Crippen molar-refractivity contribution >= 4 is 29.2 Å². The lowest BCUT2D eigenvalue weighted by atomic mass is 9.77. The van der Waals surface area contributed by atoms with Gasteiger partial charge in [-0.25, -0.2) is 0 Å². The summed E-state index contributed by atoms with van der Waals surface area (Å²) in [6.45, 7) is 2.93. The number of fused-ring (bicyclic) bond motifs is 3. The topological polar surface area (TPSA) is 88.1 Å². The number of aliphatic hydroxyl groups is 1. The van der Waals surface area contributed by atoms with Crippen LogP contribution in [-0.4, -0.2) is 54.7 Å². The van der Waals surface area contributed by atoms with Crippen molar-refractivity contribution in [1.29, 1.82) is 0 Å². The molecule has 2 N–H and O–H groups in total. The van der Waals surface area contributed by atoms with Crippen LogP contribution < -0.4 is 10.1 Å². The number of hydrogen-bond donors (Lipinski definition) is 2. The zero-order valence-electron chi connectivity index (χ0n) is 22.7. The number of halogens is 1. The molecule has 1 amide bonds. The van der Waals surface area contributed by atoms with Crippen LogP contribution in [0, 0.1) is 5.92 Å². The van der Waals surface area contributed by atoms with Gasteiger partial charge in [-0.3, -0.25) is 14.5 Å². The number of aryl methyl sites for hydroxylation is 1. The lowest BCUT2D eigenvalue weighted by molar-refractivity contribution is -0.165. The molecule has 7 nitrogen and oxygen atoms in total. The molecule has 6 rings (SSSR count). The van der Waals surface area contributed by atoms with Crippen molar-refractivity contribution in [3.05, 3.63) is 58.1 Å². The highest BCUT2D eigenvalue weighted by molar-refractivity contribution is 6.33. The van der Waals surface area contributed by atoms with Gasteiger partial charge in [-0.2, -0.15) is 0 Å². The Balaban J connectivity index is 1.20. The zero-order valence-corrected chi connectivity index (χ0v) is 23.5. The van der Waals surface area contributed by atoms with Gasteiger partial charge in [0.1, 0.15) is 11.9 Å². The van der Waals surface area contributed by atoms with Crippen molar-refractivity contribution in [3.8, 4) is 5.75 Å². The molecular formula is C31H39ClN2O5. The van der Waals surface area contributed by atoms with E-state index in [9.17, 15) is 14.7 Å². The van der Waals surface area contributed by atoms with Gasteiger partial charge in [0.05, 0.1) is 29.8 Å². The third-order valence-electron chi connectivity index (χ3n) is 8.87. The van der Waals surface area contributed by atoms with Crippen LogP contribution in [-0.2, 0) is 32.8 Å². The van der Waals surface area contributed by atoms with Gasteiger partial charge in [0.2, 0.25) is 5.91 Å². The summed E-state index contributed by atoms with van der Waals surface area (Å²) in [6.07, 6.45) is 7.73. The molecule has 0 aromatic heterocycles. The van der Waals surface area contributed by atoms with Crippen molar-refractivity contribution < 1.29 is 24.2 Å². The number of esters is 1. The smallest absolute Gasteiger partial charge is 0.316 e. The number of methoxy groups -OCH3 is 1. The number of hydrogen-bond acceptors (Lipinski definition) is 6.